The smallest absolute Gasteiger partial charge is 0.0794 e. The van der Waals surface area contributed by atoms with E-state index in [0.717, 1.165) is 24.2 Å². The molecular formula is C20H28O3S. The molecule has 132 valence electrons. The van der Waals surface area contributed by atoms with E-state index in [2.05, 4.69) is 25.7 Å². The Labute approximate surface area is 148 Å². The SMILES string of the molecule is C=CC[C@@H]1C=CC[C@@H](C[C@H](OC)[C@@H](C)CS(=O)c2ccccc2)O1. The van der Waals surface area contributed by atoms with Crippen molar-refractivity contribution in [3.05, 3.63) is 55.1 Å². The molecule has 1 unspecified atom stereocenters. The summed E-state index contributed by atoms with van der Waals surface area (Å²) in [6.07, 6.45) is 9.04. The summed E-state index contributed by atoms with van der Waals surface area (Å²) in [4.78, 5) is 0.877. The van der Waals surface area contributed by atoms with Gasteiger partial charge in [0.05, 0.1) is 29.1 Å². The van der Waals surface area contributed by atoms with Crippen molar-refractivity contribution in [3.8, 4) is 0 Å². The molecule has 0 N–H and O–H groups in total. The zero-order chi connectivity index (χ0) is 17.4. The van der Waals surface area contributed by atoms with Crippen LogP contribution in [0.5, 0.6) is 0 Å². The first-order valence-electron chi connectivity index (χ1n) is 8.53. The van der Waals surface area contributed by atoms with Crippen molar-refractivity contribution in [3.63, 3.8) is 0 Å². The van der Waals surface area contributed by atoms with E-state index in [0.29, 0.717) is 5.75 Å². The summed E-state index contributed by atoms with van der Waals surface area (Å²) in [7, 11) is 0.728. The van der Waals surface area contributed by atoms with E-state index in [1.54, 1.807) is 7.11 Å². The van der Waals surface area contributed by atoms with Crippen LogP contribution in [0.3, 0.4) is 0 Å². The van der Waals surface area contributed by atoms with E-state index in [1.807, 2.05) is 36.4 Å². The van der Waals surface area contributed by atoms with Gasteiger partial charge in [0, 0.05) is 24.2 Å². The molecule has 0 bridgehead atoms. The molecule has 1 aliphatic rings. The predicted molar refractivity (Wildman–Crippen MR) is 99.5 cm³/mol. The van der Waals surface area contributed by atoms with E-state index in [-0.39, 0.29) is 24.2 Å². The van der Waals surface area contributed by atoms with E-state index >= 15 is 0 Å². The fraction of sp³-hybridized carbons (Fsp3) is 0.500. The Morgan fingerprint density at radius 1 is 1.42 bits per heavy atom. The van der Waals surface area contributed by atoms with E-state index in [4.69, 9.17) is 9.47 Å². The van der Waals surface area contributed by atoms with Crippen molar-refractivity contribution < 1.29 is 13.7 Å². The molecule has 1 aromatic rings. The van der Waals surface area contributed by atoms with Crippen LogP contribution in [0.1, 0.15) is 26.2 Å². The van der Waals surface area contributed by atoms with Gasteiger partial charge in [-0.3, -0.25) is 4.21 Å². The van der Waals surface area contributed by atoms with Crippen molar-refractivity contribution in [2.24, 2.45) is 5.92 Å². The number of hydrogen-bond acceptors (Lipinski definition) is 3. The van der Waals surface area contributed by atoms with Crippen molar-refractivity contribution >= 4 is 10.8 Å². The maximum Gasteiger partial charge on any atom is 0.0794 e. The zero-order valence-corrected chi connectivity index (χ0v) is 15.4. The van der Waals surface area contributed by atoms with E-state index in [1.165, 1.54) is 0 Å². The molecule has 24 heavy (non-hydrogen) atoms. The minimum Gasteiger partial charge on any atom is -0.381 e. The fourth-order valence-corrected chi connectivity index (χ4v) is 4.36. The lowest BCUT2D eigenvalue weighted by Gasteiger charge is -2.30. The second-order valence-electron chi connectivity index (χ2n) is 6.30. The number of hydrogen-bond donors (Lipinski definition) is 0. The Morgan fingerprint density at radius 3 is 2.83 bits per heavy atom. The van der Waals surface area contributed by atoms with Gasteiger partial charge in [-0.1, -0.05) is 43.4 Å². The number of benzene rings is 1. The molecule has 0 spiro atoms. The second kappa shape index (κ2) is 9.92. The van der Waals surface area contributed by atoms with Gasteiger partial charge in [-0.15, -0.1) is 6.58 Å². The lowest BCUT2D eigenvalue weighted by atomic mass is 9.97. The highest BCUT2D eigenvalue weighted by molar-refractivity contribution is 7.85. The van der Waals surface area contributed by atoms with Gasteiger partial charge in [0.2, 0.25) is 0 Å². The standard InChI is InChI=1S/C20H28O3S/c1-4-9-17-10-8-11-18(23-17)14-20(22-3)16(2)15-24(21)19-12-6-5-7-13-19/h4-8,10,12-13,16-18,20H,1,9,11,14-15H2,2-3H3/t16-,17+,18-,20-,24?/m0/s1. The van der Waals surface area contributed by atoms with Gasteiger partial charge in [-0.05, 0) is 30.9 Å². The molecule has 0 aromatic heterocycles. The molecule has 1 heterocycles. The van der Waals surface area contributed by atoms with Crippen LogP contribution >= 0.6 is 0 Å². The number of ether oxygens (including phenoxy) is 2. The van der Waals surface area contributed by atoms with Crippen LogP contribution in [0.2, 0.25) is 0 Å². The topological polar surface area (TPSA) is 35.5 Å². The maximum absolute atomic E-state index is 12.5. The van der Waals surface area contributed by atoms with Crippen LogP contribution in [-0.4, -0.2) is 35.4 Å². The predicted octanol–water partition coefficient (Wildman–Crippen LogP) is 4.13. The van der Waals surface area contributed by atoms with Crippen LogP contribution in [0.25, 0.3) is 0 Å². The van der Waals surface area contributed by atoms with Crippen LogP contribution < -0.4 is 0 Å². The van der Waals surface area contributed by atoms with Crippen LogP contribution in [-0.2, 0) is 20.3 Å². The third-order valence-corrected chi connectivity index (χ3v) is 6.00. The molecule has 0 aliphatic carbocycles. The Morgan fingerprint density at radius 2 is 2.17 bits per heavy atom. The highest BCUT2D eigenvalue weighted by Gasteiger charge is 2.26. The highest BCUT2D eigenvalue weighted by Crippen LogP contribution is 2.24. The van der Waals surface area contributed by atoms with Gasteiger partial charge in [-0.2, -0.15) is 0 Å². The summed E-state index contributed by atoms with van der Waals surface area (Å²) >= 11 is 0. The first-order chi connectivity index (χ1) is 11.6. The number of rotatable bonds is 9. The van der Waals surface area contributed by atoms with E-state index in [9.17, 15) is 4.21 Å². The first-order valence-corrected chi connectivity index (χ1v) is 9.85. The average Bonchev–Trinajstić information content (AvgIpc) is 2.61. The summed E-state index contributed by atoms with van der Waals surface area (Å²) in [5, 5.41) is 0. The van der Waals surface area contributed by atoms with Gasteiger partial charge in [0.1, 0.15) is 0 Å². The summed E-state index contributed by atoms with van der Waals surface area (Å²) in [5.41, 5.74) is 0. The van der Waals surface area contributed by atoms with Crippen LogP contribution in [0.15, 0.2) is 60.0 Å². The summed E-state index contributed by atoms with van der Waals surface area (Å²) in [5.74, 6) is 0.796. The third-order valence-electron chi connectivity index (χ3n) is 4.37. The largest absolute Gasteiger partial charge is 0.381 e. The van der Waals surface area contributed by atoms with Crippen molar-refractivity contribution in [1.82, 2.24) is 0 Å². The van der Waals surface area contributed by atoms with Crippen LogP contribution in [0.4, 0.5) is 0 Å². The van der Waals surface area contributed by atoms with Gasteiger partial charge in [-0.25, -0.2) is 0 Å². The third kappa shape index (κ3) is 5.69. The summed E-state index contributed by atoms with van der Waals surface area (Å²) in [6, 6.07) is 9.62. The molecule has 1 aliphatic heterocycles. The fourth-order valence-electron chi connectivity index (χ4n) is 3.01. The monoisotopic (exact) mass is 348 g/mol. The minimum atomic E-state index is -1.00. The summed E-state index contributed by atoms with van der Waals surface area (Å²) in [6.45, 7) is 5.88. The van der Waals surface area contributed by atoms with Gasteiger partial charge in [0.15, 0.2) is 0 Å². The van der Waals surface area contributed by atoms with Gasteiger partial charge < -0.3 is 9.47 Å². The molecule has 5 atom stereocenters. The molecule has 0 fully saturated rings. The lowest BCUT2D eigenvalue weighted by Crippen LogP contribution is -2.33. The zero-order valence-electron chi connectivity index (χ0n) is 14.6. The molecule has 0 amide bonds. The molecule has 4 heteroatoms. The van der Waals surface area contributed by atoms with Gasteiger partial charge >= 0.3 is 0 Å². The second-order valence-corrected chi connectivity index (χ2v) is 7.79. The van der Waals surface area contributed by atoms with Crippen molar-refractivity contribution in [2.45, 2.75) is 49.4 Å². The molecule has 0 radical (unpaired) electrons. The Bertz CT molecular complexity index is 555. The summed E-state index contributed by atoms with van der Waals surface area (Å²) < 4.78 is 24.3. The quantitative estimate of drug-likeness (QED) is 0.630. The first kappa shape index (κ1) is 19.1. The minimum absolute atomic E-state index is 0.0403. The van der Waals surface area contributed by atoms with Gasteiger partial charge in [0.25, 0.3) is 0 Å². The highest BCUT2D eigenvalue weighted by atomic mass is 32.2. The Balaban J connectivity index is 1.89. The van der Waals surface area contributed by atoms with Crippen molar-refractivity contribution in [1.29, 1.82) is 0 Å². The molecule has 0 saturated carbocycles. The number of methoxy groups -OCH3 is 1. The average molecular weight is 349 g/mol. The lowest BCUT2D eigenvalue weighted by molar-refractivity contribution is -0.0397. The maximum atomic E-state index is 12.5. The molecule has 1 aromatic carbocycles. The molecule has 2 rings (SSSR count). The normalized spacial score (nSPS) is 24.2. The Kier molecular flexibility index (Phi) is 7.89. The Hall–Kier alpha value is -1.23. The molecule has 3 nitrogen and oxygen atoms in total. The van der Waals surface area contributed by atoms with Crippen LogP contribution in [0, 0.1) is 5.92 Å². The molecular weight excluding hydrogens is 320 g/mol. The van der Waals surface area contributed by atoms with E-state index < -0.39 is 10.8 Å². The van der Waals surface area contributed by atoms with Crippen molar-refractivity contribution in [2.75, 3.05) is 12.9 Å². The molecule has 0 saturated heterocycles.